The summed E-state index contributed by atoms with van der Waals surface area (Å²) in [6, 6.07) is 1.46. The van der Waals surface area contributed by atoms with E-state index in [-0.39, 0.29) is 5.56 Å². The highest BCUT2D eigenvalue weighted by Crippen LogP contribution is 2.02. The largest absolute Gasteiger partial charge is 0.382 e. The molecule has 4 nitrogen and oxygen atoms in total. The summed E-state index contributed by atoms with van der Waals surface area (Å²) >= 11 is 0. The molecule has 0 atom stereocenters. The number of rotatable bonds is 1. The Morgan fingerprint density at radius 3 is 3.00 bits per heavy atom. The maximum Gasteiger partial charge on any atom is 0.264 e. The molecule has 0 aliphatic rings. The first-order valence-electron chi connectivity index (χ1n) is 3.08. The predicted octanol–water partition coefficient (Wildman–Crippen LogP) is -0.0855. The van der Waals surface area contributed by atoms with Gasteiger partial charge in [-0.3, -0.25) is 4.79 Å². The summed E-state index contributed by atoms with van der Waals surface area (Å²) in [4.78, 5) is 10.6. The Morgan fingerprint density at radius 1 is 1.80 bits per heavy atom. The first kappa shape index (κ1) is 6.80. The highest BCUT2D eigenvalue weighted by Gasteiger charge is 1.96. The molecule has 0 saturated heterocycles. The standard InChI is InChI=1S/C6H9N3O/c1-2-4-3-5(10)8-9-6(4)7/h3H,2H2,1H3,(H2,7,9)(H,8,10). The number of anilines is 1. The molecular formula is C6H9N3O. The summed E-state index contributed by atoms with van der Waals surface area (Å²) in [6.45, 7) is 1.92. The third-order valence-electron chi connectivity index (χ3n) is 1.30. The molecule has 0 spiro atoms. The third-order valence-corrected chi connectivity index (χ3v) is 1.30. The Morgan fingerprint density at radius 2 is 2.50 bits per heavy atom. The Hall–Kier alpha value is -1.32. The molecule has 0 saturated carbocycles. The molecule has 4 heteroatoms. The highest BCUT2D eigenvalue weighted by molar-refractivity contribution is 5.36. The lowest BCUT2D eigenvalue weighted by molar-refractivity contribution is 0.961. The molecule has 0 unspecified atom stereocenters. The molecule has 10 heavy (non-hydrogen) atoms. The predicted molar refractivity (Wildman–Crippen MR) is 38.6 cm³/mol. The van der Waals surface area contributed by atoms with E-state index in [1.807, 2.05) is 6.92 Å². The molecule has 1 heterocycles. The van der Waals surface area contributed by atoms with Crippen LogP contribution in [-0.2, 0) is 6.42 Å². The zero-order valence-electron chi connectivity index (χ0n) is 5.72. The van der Waals surface area contributed by atoms with E-state index in [2.05, 4.69) is 10.2 Å². The number of H-pyrrole nitrogens is 1. The minimum atomic E-state index is -0.203. The molecule has 0 amide bonds. The smallest absolute Gasteiger partial charge is 0.264 e. The molecular weight excluding hydrogens is 130 g/mol. The number of nitrogens with one attached hydrogen (secondary N) is 1. The maximum atomic E-state index is 10.6. The molecule has 0 aliphatic heterocycles. The zero-order chi connectivity index (χ0) is 7.56. The van der Waals surface area contributed by atoms with E-state index in [1.54, 1.807) is 0 Å². The summed E-state index contributed by atoms with van der Waals surface area (Å²) in [5.74, 6) is 0.405. The maximum absolute atomic E-state index is 10.6. The Kier molecular flexibility index (Phi) is 1.71. The van der Waals surface area contributed by atoms with Crippen LogP contribution in [0.5, 0.6) is 0 Å². The van der Waals surface area contributed by atoms with Gasteiger partial charge in [-0.2, -0.15) is 5.10 Å². The van der Waals surface area contributed by atoms with Crippen LogP contribution in [0.25, 0.3) is 0 Å². The van der Waals surface area contributed by atoms with Gasteiger partial charge in [0, 0.05) is 11.6 Å². The van der Waals surface area contributed by atoms with Gasteiger partial charge >= 0.3 is 0 Å². The SMILES string of the molecule is CCc1cc(=O)[nH]nc1N. The summed E-state index contributed by atoms with van der Waals surface area (Å²) in [7, 11) is 0. The van der Waals surface area contributed by atoms with Crippen LogP contribution in [0.15, 0.2) is 10.9 Å². The van der Waals surface area contributed by atoms with Crippen LogP contribution in [-0.4, -0.2) is 10.2 Å². The van der Waals surface area contributed by atoms with E-state index in [4.69, 9.17) is 5.73 Å². The van der Waals surface area contributed by atoms with Gasteiger partial charge in [-0.1, -0.05) is 6.92 Å². The minimum Gasteiger partial charge on any atom is -0.382 e. The minimum absolute atomic E-state index is 0.203. The van der Waals surface area contributed by atoms with Crippen molar-refractivity contribution in [3.05, 3.63) is 22.0 Å². The van der Waals surface area contributed by atoms with Gasteiger partial charge in [0.2, 0.25) is 0 Å². The Labute approximate surface area is 58.1 Å². The van der Waals surface area contributed by atoms with Gasteiger partial charge in [0.25, 0.3) is 5.56 Å². The van der Waals surface area contributed by atoms with Crippen LogP contribution in [0.1, 0.15) is 12.5 Å². The molecule has 0 fully saturated rings. The fraction of sp³-hybridized carbons (Fsp3) is 0.333. The lowest BCUT2D eigenvalue weighted by Crippen LogP contribution is -2.11. The average molecular weight is 139 g/mol. The molecule has 0 aliphatic carbocycles. The molecule has 0 bridgehead atoms. The molecule has 0 aromatic carbocycles. The number of aryl methyl sites for hydroxylation is 1. The number of nitrogens with two attached hydrogens (primary N) is 1. The van der Waals surface area contributed by atoms with Crippen molar-refractivity contribution in [2.45, 2.75) is 13.3 Å². The van der Waals surface area contributed by atoms with Crippen LogP contribution in [0.2, 0.25) is 0 Å². The van der Waals surface area contributed by atoms with Crippen molar-refractivity contribution in [2.75, 3.05) is 5.73 Å². The van der Waals surface area contributed by atoms with Gasteiger partial charge in [0.05, 0.1) is 0 Å². The van der Waals surface area contributed by atoms with Crippen molar-refractivity contribution in [2.24, 2.45) is 0 Å². The van der Waals surface area contributed by atoms with Crippen LogP contribution >= 0.6 is 0 Å². The van der Waals surface area contributed by atoms with E-state index < -0.39 is 0 Å². The summed E-state index contributed by atoms with van der Waals surface area (Å²) in [5, 5.41) is 5.83. The summed E-state index contributed by atoms with van der Waals surface area (Å²) in [5.41, 5.74) is 6.01. The van der Waals surface area contributed by atoms with Crippen LogP contribution in [0.4, 0.5) is 5.82 Å². The number of nitrogens with zero attached hydrogens (tertiary/aromatic N) is 1. The van der Waals surface area contributed by atoms with E-state index in [0.717, 1.165) is 12.0 Å². The van der Waals surface area contributed by atoms with Crippen molar-refractivity contribution in [1.82, 2.24) is 10.2 Å². The second kappa shape index (κ2) is 2.51. The van der Waals surface area contributed by atoms with Crippen LogP contribution in [0.3, 0.4) is 0 Å². The number of aromatic amines is 1. The third kappa shape index (κ3) is 1.15. The topological polar surface area (TPSA) is 71.8 Å². The van der Waals surface area contributed by atoms with Gasteiger partial charge in [0.15, 0.2) is 0 Å². The molecule has 1 aromatic rings. The van der Waals surface area contributed by atoms with Gasteiger partial charge in [-0.15, -0.1) is 0 Å². The van der Waals surface area contributed by atoms with Crippen LogP contribution in [0, 0.1) is 0 Å². The fourth-order valence-electron chi connectivity index (χ4n) is 0.735. The lowest BCUT2D eigenvalue weighted by Gasteiger charge is -1.96. The average Bonchev–Trinajstić information content (AvgIpc) is 1.94. The second-order valence-electron chi connectivity index (χ2n) is 2.00. The molecule has 1 rings (SSSR count). The van der Waals surface area contributed by atoms with E-state index in [9.17, 15) is 4.79 Å². The quantitative estimate of drug-likeness (QED) is 0.571. The van der Waals surface area contributed by atoms with Gasteiger partial charge < -0.3 is 5.73 Å². The van der Waals surface area contributed by atoms with E-state index in [1.165, 1.54) is 6.07 Å². The number of nitrogen functional groups attached to an aromatic ring is 1. The molecule has 1 aromatic heterocycles. The van der Waals surface area contributed by atoms with Crippen molar-refractivity contribution >= 4 is 5.82 Å². The van der Waals surface area contributed by atoms with Crippen molar-refractivity contribution in [1.29, 1.82) is 0 Å². The van der Waals surface area contributed by atoms with Crippen molar-refractivity contribution < 1.29 is 0 Å². The molecule has 0 radical (unpaired) electrons. The second-order valence-corrected chi connectivity index (χ2v) is 2.00. The number of hydrogen-bond donors (Lipinski definition) is 2. The number of hydrogen-bond acceptors (Lipinski definition) is 3. The summed E-state index contributed by atoms with van der Waals surface area (Å²) < 4.78 is 0. The van der Waals surface area contributed by atoms with Gasteiger partial charge in [-0.25, -0.2) is 5.10 Å². The number of aromatic nitrogens is 2. The van der Waals surface area contributed by atoms with E-state index >= 15 is 0 Å². The van der Waals surface area contributed by atoms with Crippen LogP contribution < -0.4 is 11.3 Å². The molecule has 3 N–H and O–H groups in total. The summed E-state index contributed by atoms with van der Waals surface area (Å²) in [6.07, 6.45) is 0.739. The zero-order valence-corrected chi connectivity index (χ0v) is 5.72. The van der Waals surface area contributed by atoms with Crippen molar-refractivity contribution in [3.63, 3.8) is 0 Å². The van der Waals surface area contributed by atoms with Gasteiger partial charge in [0.1, 0.15) is 5.82 Å². The van der Waals surface area contributed by atoms with E-state index in [0.29, 0.717) is 5.82 Å². The Balaban J connectivity index is 3.22. The Bertz CT molecular complexity index is 279. The normalized spacial score (nSPS) is 9.70. The molecule has 54 valence electrons. The van der Waals surface area contributed by atoms with Gasteiger partial charge in [-0.05, 0) is 6.42 Å². The van der Waals surface area contributed by atoms with Crippen molar-refractivity contribution in [3.8, 4) is 0 Å². The first-order chi connectivity index (χ1) is 4.74. The lowest BCUT2D eigenvalue weighted by atomic mass is 10.2. The highest BCUT2D eigenvalue weighted by atomic mass is 16.1. The monoisotopic (exact) mass is 139 g/mol. The fourth-order valence-corrected chi connectivity index (χ4v) is 0.735. The first-order valence-corrected chi connectivity index (χ1v) is 3.08.